The lowest BCUT2D eigenvalue weighted by atomic mass is 10.2. The molecule has 0 fully saturated rings. The van der Waals surface area contributed by atoms with Crippen molar-refractivity contribution in [2.75, 3.05) is 11.9 Å². The maximum Gasteiger partial charge on any atom is 0.304 e. The van der Waals surface area contributed by atoms with Crippen LogP contribution in [0.25, 0.3) is 0 Å². The summed E-state index contributed by atoms with van der Waals surface area (Å²) in [5.74, 6) is 0. The molecule has 1 N–H and O–H groups in total. The predicted molar refractivity (Wildman–Crippen MR) is 80.8 cm³/mol. The lowest BCUT2D eigenvalue weighted by Gasteiger charge is -2.17. The van der Waals surface area contributed by atoms with Crippen LogP contribution in [-0.2, 0) is 0 Å². The van der Waals surface area contributed by atoms with Crippen molar-refractivity contribution in [1.29, 1.82) is 0 Å². The number of rotatable bonds is 4. The Bertz CT molecular complexity index is 620. The van der Waals surface area contributed by atoms with Gasteiger partial charge in [-0.25, -0.2) is 0 Å². The van der Waals surface area contributed by atoms with Gasteiger partial charge >= 0.3 is 5.69 Å². The van der Waals surface area contributed by atoms with E-state index in [1.54, 1.807) is 18.9 Å². The maximum atomic E-state index is 11.2. The topological polar surface area (TPSA) is 66.6 Å². The maximum absolute atomic E-state index is 11.2. The van der Waals surface area contributed by atoms with Crippen LogP contribution in [0.5, 0.6) is 0 Å². The van der Waals surface area contributed by atoms with Gasteiger partial charge in [-0.05, 0) is 26.0 Å². The first kappa shape index (κ1) is 14.5. The van der Waals surface area contributed by atoms with E-state index < -0.39 is 11.0 Å². The molecule has 2 aromatic rings. The predicted octanol–water partition coefficient (Wildman–Crippen LogP) is 3.79. The molecule has 0 radical (unpaired) electrons. The molecule has 2 rings (SSSR count). The van der Waals surface area contributed by atoms with Gasteiger partial charge in [-0.1, -0.05) is 17.7 Å². The number of hydrogen-bond acceptors (Lipinski definition) is 5. The Morgan fingerprint density at radius 1 is 1.35 bits per heavy atom. The molecular formula is C14H16N2O3S. The molecule has 0 unspecified atom stereocenters. The van der Waals surface area contributed by atoms with E-state index in [1.165, 1.54) is 17.4 Å². The summed E-state index contributed by atoms with van der Waals surface area (Å²) in [6, 6.07) is 9.19. The summed E-state index contributed by atoms with van der Waals surface area (Å²) in [4.78, 5) is 13.1. The number of aryl methyl sites for hydroxylation is 1. The molecule has 0 amide bonds. The fourth-order valence-electron chi connectivity index (χ4n) is 1.85. The molecule has 0 aliphatic rings. The number of aliphatic hydroxyl groups is 1. The number of anilines is 2. The Kier molecular flexibility index (Phi) is 4.06. The van der Waals surface area contributed by atoms with Gasteiger partial charge in [-0.15, -0.1) is 11.3 Å². The van der Waals surface area contributed by atoms with Crippen LogP contribution in [0.2, 0.25) is 0 Å². The summed E-state index contributed by atoms with van der Waals surface area (Å²) in [5, 5.41) is 21.3. The van der Waals surface area contributed by atoms with Crippen LogP contribution in [0.15, 0.2) is 30.3 Å². The van der Waals surface area contributed by atoms with E-state index >= 15 is 0 Å². The molecule has 1 heterocycles. The molecule has 0 aliphatic heterocycles. The van der Waals surface area contributed by atoms with Gasteiger partial charge < -0.3 is 10.0 Å². The number of nitro groups is 1. The molecule has 0 aliphatic carbocycles. The average Bonchev–Trinajstić information content (AvgIpc) is 2.84. The van der Waals surface area contributed by atoms with Crippen molar-refractivity contribution < 1.29 is 10.0 Å². The van der Waals surface area contributed by atoms with Crippen molar-refractivity contribution in [3.05, 3.63) is 50.9 Å². The van der Waals surface area contributed by atoms with Crippen molar-refractivity contribution in [2.45, 2.75) is 20.0 Å². The molecule has 5 nitrogen and oxygen atoms in total. The number of aliphatic hydroxyl groups excluding tert-OH is 1. The Morgan fingerprint density at radius 2 is 1.95 bits per heavy atom. The van der Waals surface area contributed by atoms with Crippen LogP contribution >= 0.6 is 11.3 Å². The van der Waals surface area contributed by atoms with Gasteiger partial charge in [0.15, 0.2) is 5.00 Å². The van der Waals surface area contributed by atoms with E-state index in [9.17, 15) is 15.2 Å². The summed E-state index contributed by atoms with van der Waals surface area (Å²) >= 11 is 1.24. The van der Waals surface area contributed by atoms with Gasteiger partial charge in [-0.2, -0.15) is 0 Å². The smallest absolute Gasteiger partial charge is 0.304 e. The third-order valence-corrected chi connectivity index (χ3v) is 4.42. The van der Waals surface area contributed by atoms with Crippen LogP contribution < -0.4 is 4.90 Å². The summed E-state index contributed by atoms with van der Waals surface area (Å²) < 4.78 is 0. The van der Waals surface area contributed by atoms with Crippen LogP contribution in [-0.4, -0.2) is 17.1 Å². The van der Waals surface area contributed by atoms with Gasteiger partial charge in [-0.3, -0.25) is 10.1 Å². The summed E-state index contributed by atoms with van der Waals surface area (Å²) in [5.41, 5.74) is 2.03. The van der Waals surface area contributed by atoms with Crippen LogP contribution in [0, 0.1) is 17.0 Å². The van der Waals surface area contributed by atoms with Crippen molar-refractivity contribution in [3.8, 4) is 0 Å². The van der Waals surface area contributed by atoms with E-state index in [1.807, 2.05) is 31.2 Å². The van der Waals surface area contributed by atoms with Gasteiger partial charge in [0.1, 0.15) is 0 Å². The molecule has 0 spiro atoms. The highest BCUT2D eigenvalue weighted by Crippen LogP contribution is 2.42. The molecule has 0 saturated heterocycles. The second-order valence-electron chi connectivity index (χ2n) is 4.67. The Labute approximate surface area is 121 Å². The van der Waals surface area contributed by atoms with Crippen molar-refractivity contribution in [3.63, 3.8) is 0 Å². The Morgan fingerprint density at radius 3 is 2.45 bits per heavy atom. The Balaban J connectivity index is 2.45. The zero-order valence-corrected chi connectivity index (χ0v) is 12.3. The Hall–Kier alpha value is -1.92. The number of hydrogen-bond donors (Lipinski definition) is 1. The number of benzene rings is 1. The molecular weight excluding hydrogens is 276 g/mol. The van der Waals surface area contributed by atoms with Crippen LogP contribution in [0.1, 0.15) is 23.5 Å². The fraction of sp³-hybridized carbons (Fsp3) is 0.286. The molecule has 1 aromatic carbocycles. The molecule has 20 heavy (non-hydrogen) atoms. The first-order valence-electron chi connectivity index (χ1n) is 6.16. The molecule has 6 heteroatoms. The van der Waals surface area contributed by atoms with Crippen molar-refractivity contribution in [2.24, 2.45) is 0 Å². The quantitative estimate of drug-likeness (QED) is 0.687. The highest BCUT2D eigenvalue weighted by Gasteiger charge is 2.24. The number of nitrogens with zero attached hydrogens (tertiary/aromatic N) is 2. The van der Waals surface area contributed by atoms with E-state index in [4.69, 9.17) is 0 Å². The largest absolute Gasteiger partial charge is 0.388 e. The normalized spacial score (nSPS) is 12.2. The first-order valence-corrected chi connectivity index (χ1v) is 6.98. The van der Waals surface area contributed by atoms with Crippen molar-refractivity contribution >= 4 is 27.7 Å². The highest BCUT2D eigenvalue weighted by atomic mass is 32.1. The minimum absolute atomic E-state index is 0.0222. The molecule has 106 valence electrons. The summed E-state index contributed by atoms with van der Waals surface area (Å²) in [6.07, 6.45) is -0.709. The van der Waals surface area contributed by atoms with E-state index in [-0.39, 0.29) is 5.69 Å². The summed E-state index contributed by atoms with van der Waals surface area (Å²) in [6.45, 7) is 3.59. The second-order valence-corrected chi connectivity index (χ2v) is 5.73. The molecule has 1 aromatic heterocycles. The summed E-state index contributed by atoms with van der Waals surface area (Å²) in [7, 11) is 1.79. The highest BCUT2D eigenvalue weighted by molar-refractivity contribution is 7.16. The molecule has 1 atom stereocenters. The van der Waals surface area contributed by atoms with E-state index in [0.717, 1.165) is 11.3 Å². The van der Waals surface area contributed by atoms with Gasteiger partial charge in [0.2, 0.25) is 0 Å². The second kappa shape index (κ2) is 5.60. The minimum Gasteiger partial charge on any atom is -0.388 e. The minimum atomic E-state index is -0.709. The average molecular weight is 292 g/mol. The zero-order chi connectivity index (χ0) is 14.9. The van der Waals surface area contributed by atoms with E-state index in [0.29, 0.717) is 9.88 Å². The van der Waals surface area contributed by atoms with Crippen LogP contribution in [0.3, 0.4) is 0 Å². The number of thiophene rings is 1. The first-order chi connectivity index (χ1) is 9.40. The van der Waals surface area contributed by atoms with Gasteiger partial charge in [0.25, 0.3) is 0 Å². The zero-order valence-electron chi connectivity index (χ0n) is 11.5. The third-order valence-electron chi connectivity index (χ3n) is 3.05. The lowest BCUT2D eigenvalue weighted by molar-refractivity contribution is -0.383. The van der Waals surface area contributed by atoms with Crippen molar-refractivity contribution in [1.82, 2.24) is 0 Å². The monoisotopic (exact) mass is 292 g/mol. The van der Waals surface area contributed by atoms with Gasteiger partial charge in [0, 0.05) is 23.7 Å². The molecule has 0 saturated carbocycles. The fourth-order valence-corrected chi connectivity index (χ4v) is 2.90. The van der Waals surface area contributed by atoms with Gasteiger partial charge in [0.05, 0.1) is 11.0 Å². The lowest BCUT2D eigenvalue weighted by Crippen LogP contribution is -2.09. The third kappa shape index (κ3) is 2.81. The standard InChI is InChI=1S/C14H16N2O3S/c1-9-4-6-11(7-5-9)15(3)14-12(16(18)19)8-13(20-14)10(2)17/h4-8,10,17H,1-3H3/t10-/m1/s1. The van der Waals surface area contributed by atoms with Crippen LogP contribution in [0.4, 0.5) is 16.4 Å². The SMILES string of the molecule is Cc1ccc(N(C)c2sc([C@@H](C)O)cc2[N+](=O)[O-])cc1. The molecule has 0 bridgehead atoms. The van der Waals surface area contributed by atoms with E-state index in [2.05, 4.69) is 0 Å².